The molecular formula is C7H12O. The number of hydrogen-bond donors (Lipinski definition) is 0. The maximum absolute atomic E-state index is 5.56. The number of hydrogen-bond acceptors (Lipinski definition) is 1. The van der Waals surface area contributed by atoms with Crippen molar-refractivity contribution in [2.75, 3.05) is 0 Å². The SMILES string of the molecule is CC1CCC2CC2O1. The first-order valence-corrected chi connectivity index (χ1v) is 3.52. The lowest BCUT2D eigenvalue weighted by molar-refractivity contribution is 0.0138. The highest BCUT2D eigenvalue weighted by molar-refractivity contribution is 4.91. The van der Waals surface area contributed by atoms with Crippen molar-refractivity contribution >= 4 is 0 Å². The fourth-order valence-corrected chi connectivity index (χ4v) is 1.51. The van der Waals surface area contributed by atoms with Gasteiger partial charge < -0.3 is 4.74 Å². The van der Waals surface area contributed by atoms with Gasteiger partial charge in [-0.25, -0.2) is 0 Å². The van der Waals surface area contributed by atoms with Gasteiger partial charge in [0.15, 0.2) is 0 Å². The predicted octanol–water partition coefficient (Wildman–Crippen LogP) is 1.57. The first kappa shape index (κ1) is 4.80. The maximum atomic E-state index is 5.56. The van der Waals surface area contributed by atoms with E-state index in [1.807, 2.05) is 0 Å². The molecule has 1 heterocycles. The van der Waals surface area contributed by atoms with Gasteiger partial charge in [-0.05, 0) is 32.1 Å². The third-order valence-electron chi connectivity index (χ3n) is 2.21. The van der Waals surface area contributed by atoms with Crippen LogP contribution >= 0.6 is 0 Å². The van der Waals surface area contributed by atoms with Crippen molar-refractivity contribution in [2.45, 2.75) is 38.4 Å². The first-order valence-electron chi connectivity index (χ1n) is 3.52. The van der Waals surface area contributed by atoms with Gasteiger partial charge in [0.1, 0.15) is 0 Å². The summed E-state index contributed by atoms with van der Waals surface area (Å²) in [5.41, 5.74) is 0. The summed E-state index contributed by atoms with van der Waals surface area (Å²) < 4.78 is 5.56. The molecule has 46 valence electrons. The molecule has 1 saturated heterocycles. The fourth-order valence-electron chi connectivity index (χ4n) is 1.51. The first-order chi connectivity index (χ1) is 3.86. The maximum Gasteiger partial charge on any atom is 0.0611 e. The van der Waals surface area contributed by atoms with Crippen molar-refractivity contribution in [2.24, 2.45) is 5.92 Å². The molecule has 0 amide bonds. The summed E-state index contributed by atoms with van der Waals surface area (Å²) >= 11 is 0. The molecule has 0 bridgehead atoms. The quantitative estimate of drug-likeness (QED) is 0.462. The van der Waals surface area contributed by atoms with Crippen LogP contribution in [0.25, 0.3) is 0 Å². The van der Waals surface area contributed by atoms with E-state index in [1.165, 1.54) is 19.3 Å². The van der Waals surface area contributed by atoms with Crippen molar-refractivity contribution in [3.8, 4) is 0 Å². The van der Waals surface area contributed by atoms with Crippen molar-refractivity contribution < 1.29 is 4.74 Å². The molecule has 1 heteroatoms. The molecule has 1 aliphatic carbocycles. The molecule has 1 aliphatic heterocycles. The predicted molar refractivity (Wildman–Crippen MR) is 31.7 cm³/mol. The minimum absolute atomic E-state index is 0.554. The van der Waals surface area contributed by atoms with Crippen LogP contribution in [0.3, 0.4) is 0 Å². The van der Waals surface area contributed by atoms with Gasteiger partial charge in [0, 0.05) is 0 Å². The van der Waals surface area contributed by atoms with E-state index >= 15 is 0 Å². The molecule has 0 aromatic rings. The van der Waals surface area contributed by atoms with Crippen LogP contribution in [0.4, 0.5) is 0 Å². The van der Waals surface area contributed by atoms with E-state index in [0.717, 1.165) is 5.92 Å². The van der Waals surface area contributed by atoms with Crippen LogP contribution in [0.15, 0.2) is 0 Å². The Kier molecular flexibility index (Phi) is 0.884. The lowest BCUT2D eigenvalue weighted by atomic mass is 10.1. The Labute approximate surface area is 50.0 Å². The van der Waals surface area contributed by atoms with Crippen LogP contribution in [0.2, 0.25) is 0 Å². The van der Waals surface area contributed by atoms with Gasteiger partial charge in [0.2, 0.25) is 0 Å². The lowest BCUT2D eigenvalue weighted by Crippen LogP contribution is -2.15. The highest BCUT2D eigenvalue weighted by atomic mass is 16.5. The molecule has 2 fully saturated rings. The van der Waals surface area contributed by atoms with E-state index in [2.05, 4.69) is 6.92 Å². The van der Waals surface area contributed by atoms with Crippen molar-refractivity contribution in [1.82, 2.24) is 0 Å². The van der Waals surface area contributed by atoms with E-state index in [9.17, 15) is 0 Å². The van der Waals surface area contributed by atoms with Crippen molar-refractivity contribution in [3.05, 3.63) is 0 Å². The van der Waals surface area contributed by atoms with E-state index < -0.39 is 0 Å². The summed E-state index contributed by atoms with van der Waals surface area (Å²) in [6.07, 6.45) is 5.30. The average molecular weight is 112 g/mol. The molecular weight excluding hydrogens is 100 g/mol. The Hall–Kier alpha value is -0.0400. The average Bonchev–Trinajstić information content (AvgIpc) is 2.43. The van der Waals surface area contributed by atoms with Crippen molar-refractivity contribution in [1.29, 1.82) is 0 Å². The molecule has 3 unspecified atom stereocenters. The smallest absolute Gasteiger partial charge is 0.0611 e. The Morgan fingerprint density at radius 1 is 1.38 bits per heavy atom. The summed E-state index contributed by atoms with van der Waals surface area (Å²) in [6.45, 7) is 2.18. The standard InChI is InChI=1S/C7H12O/c1-5-2-3-6-4-7(6)8-5/h5-7H,2-4H2,1H3. The fraction of sp³-hybridized carbons (Fsp3) is 1.00. The normalized spacial score (nSPS) is 52.9. The third kappa shape index (κ3) is 0.655. The minimum atomic E-state index is 0.554. The molecule has 1 saturated carbocycles. The summed E-state index contributed by atoms with van der Waals surface area (Å²) in [7, 11) is 0. The molecule has 0 radical (unpaired) electrons. The molecule has 0 N–H and O–H groups in total. The summed E-state index contributed by atoms with van der Waals surface area (Å²) in [4.78, 5) is 0. The Balaban J connectivity index is 1.93. The Morgan fingerprint density at radius 2 is 2.25 bits per heavy atom. The zero-order chi connectivity index (χ0) is 5.56. The third-order valence-corrected chi connectivity index (χ3v) is 2.21. The number of rotatable bonds is 0. The van der Waals surface area contributed by atoms with Gasteiger partial charge in [0.25, 0.3) is 0 Å². The van der Waals surface area contributed by atoms with Crippen LogP contribution in [0, 0.1) is 5.92 Å². The van der Waals surface area contributed by atoms with Gasteiger partial charge >= 0.3 is 0 Å². The monoisotopic (exact) mass is 112 g/mol. The molecule has 0 spiro atoms. The minimum Gasteiger partial charge on any atom is -0.375 e. The zero-order valence-corrected chi connectivity index (χ0v) is 5.26. The van der Waals surface area contributed by atoms with Crippen LogP contribution in [-0.4, -0.2) is 12.2 Å². The van der Waals surface area contributed by atoms with Gasteiger partial charge in [-0.2, -0.15) is 0 Å². The molecule has 1 nitrogen and oxygen atoms in total. The van der Waals surface area contributed by atoms with E-state index in [4.69, 9.17) is 4.74 Å². The summed E-state index contributed by atoms with van der Waals surface area (Å²) in [6, 6.07) is 0. The van der Waals surface area contributed by atoms with Gasteiger partial charge in [-0.1, -0.05) is 0 Å². The molecule has 8 heavy (non-hydrogen) atoms. The van der Waals surface area contributed by atoms with Gasteiger partial charge in [0.05, 0.1) is 12.2 Å². The second-order valence-electron chi connectivity index (χ2n) is 3.06. The van der Waals surface area contributed by atoms with Crippen LogP contribution in [-0.2, 0) is 4.74 Å². The van der Waals surface area contributed by atoms with Crippen LogP contribution in [0.5, 0.6) is 0 Å². The zero-order valence-electron chi connectivity index (χ0n) is 5.26. The van der Waals surface area contributed by atoms with E-state index in [1.54, 1.807) is 0 Å². The van der Waals surface area contributed by atoms with E-state index in [-0.39, 0.29) is 0 Å². The second-order valence-corrected chi connectivity index (χ2v) is 3.06. The number of fused-ring (bicyclic) bond motifs is 1. The Bertz CT molecular complexity index is 101. The highest BCUT2D eigenvalue weighted by Crippen LogP contribution is 2.42. The van der Waals surface area contributed by atoms with Crippen LogP contribution in [0.1, 0.15) is 26.2 Å². The Morgan fingerprint density at radius 3 is 2.88 bits per heavy atom. The van der Waals surface area contributed by atoms with Gasteiger partial charge in [-0.15, -0.1) is 0 Å². The summed E-state index contributed by atoms with van der Waals surface area (Å²) in [5.74, 6) is 0.964. The molecule has 3 atom stereocenters. The van der Waals surface area contributed by atoms with Gasteiger partial charge in [-0.3, -0.25) is 0 Å². The largest absolute Gasteiger partial charge is 0.375 e. The highest BCUT2D eigenvalue weighted by Gasteiger charge is 2.42. The molecule has 0 aromatic carbocycles. The van der Waals surface area contributed by atoms with Crippen molar-refractivity contribution in [3.63, 3.8) is 0 Å². The molecule has 2 rings (SSSR count). The topological polar surface area (TPSA) is 9.23 Å². The second kappa shape index (κ2) is 1.47. The van der Waals surface area contributed by atoms with E-state index in [0.29, 0.717) is 12.2 Å². The summed E-state index contributed by atoms with van der Waals surface area (Å²) in [5, 5.41) is 0. The molecule has 0 aromatic heterocycles. The van der Waals surface area contributed by atoms with Crippen LogP contribution < -0.4 is 0 Å². The lowest BCUT2D eigenvalue weighted by Gasteiger charge is -2.16. The number of ether oxygens (including phenoxy) is 1. The molecule has 2 aliphatic rings.